The van der Waals surface area contributed by atoms with Crippen molar-refractivity contribution in [2.45, 2.75) is 83.0 Å². The summed E-state index contributed by atoms with van der Waals surface area (Å²) in [5.74, 6) is 0.413. The lowest BCUT2D eigenvalue weighted by molar-refractivity contribution is 0.589. The standard InChI is InChI=1S/C77H67N/c1-51(2)52-31-33-57(34-32-52)77(59-41-37-55(38-42-59)75(6,7)8)70-30-20-18-27-65(70)67-46-44-61(50-72(67)77)78(73-48-47-62(53-21-11-9-12-22-53)63-25-15-16-28-68(63)73)60-43-45-66-64-26-17-19-29-69(64)76(71(66)49-60,56-23-13-10-14-24-56)58-39-35-54(36-40-58)74(3,4)5/h9-51H,1-8H3. The van der Waals surface area contributed by atoms with Crippen LogP contribution in [0.2, 0.25) is 0 Å². The van der Waals surface area contributed by atoms with E-state index in [1.165, 1.54) is 105 Å². The van der Waals surface area contributed by atoms with Crippen LogP contribution in [0.15, 0.2) is 255 Å². The number of benzene rings is 11. The van der Waals surface area contributed by atoms with Gasteiger partial charge in [0.2, 0.25) is 0 Å². The van der Waals surface area contributed by atoms with Crippen LogP contribution in [0.25, 0.3) is 44.2 Å². The maximum Gasteiger partial charge on any atom is 0.0714 e. The fourth-order valence-corrected chi connectivity index (χ4v) is 13.4. The second kappa shape index (κ2) is 18.6. The summed E-state index contributed by atoms with van der Waals surface area (Å²) >= 11 is 0. The number of hydrogen-bond acceptors (Lipinski definition) is 1. The third kappa shape index (κ3) is 7.65. The zero-order chi connectivity index (χ0) is 53.6. The Bertz CT molecular complexity index is 4040. The van der Waals surface area contributed by atoms with E-state index in [1.807, 2.05) is 0 Å². The molecule has 0 saturated heterocycles. The highest BCUT2D eigenvalue weighted by Crippen LogP contribution is 2.60. The van der Waals surface area contributed by atoms with Gasteiger partial charge in [0.15, 0.2) is 0 Å². The first-order valence-corrected chi connectivity index (χ1v) is 28.0. The molecule has 0 aliphatic heterocycles. The Kier molecular flexibility index (Phi) is 11.7. The zero-order valence-electron chi connectivity index (χ0n) is 46.3. The van der Waals surface area contributed by atoms with Gasteiger partial charge in [-0.3, -0.25) is 0 Å². The molecule has 0 N–H and O–H groups in total. The largest absolute Gasteiger partial charge is 0.310 e. The molecule has 0 aromatic heterocycles. The van der Waals surface area contributed by atoms with Crippen molar-refractivity contribution >= 4 is 27.8 Å². The van der Waals surface area contributed by atoms with Crippen LogP contribution in [-0.2, 0) is 21.7 Å². The van der Waals surface area contributed by atoms with Gasteiger partial charge in [0, 0.05) is 16.8 Å². The summed E-state index contributed by atoms with van der Waals surface area (Å²) < 4.78 is 0. The minimum Gasteiger partial charge on any atom is -0.310 e. The molecule has 0 bridgehead atoms. The van der Waals surface area contributed by atoms with Gasteiger partial charge >= 0.3 is 0 Å². The van der Waals surface area contributed by atoms with Gasteiger partial charge in [0.1, 0.15) is 0 Å². The Morgan fingerprint density at radius 2 is 0.705 bits per heavy atom. The minimum atomic E-state index is -0.611. The van der Waals surface area contributed by atoms with Crippen molar-refractivity contribution in [1.29, 1.82) is 0 Å². The predicted octanol–water partition coefficient (Wildman–Crippen LogP) is 20.4. The smallest absolute Gasteiger partial charge is 0.0714 e. The van der Waals surface area contributed by atoms with Gasteiger partial charge in [-0.25, -0.2) is 0 Å². The van der Waals surface area contributed by atoms with Crippen LogP contribution >= 0.6 is 0 Å². The molecule has 380 valence electrons. The van der Waals surface area contributed by atoms with E-state index in [9.17, 15) is 0 Å². The van der Waals surface area contributed by atoms with E-state index in [-0.39, 0.29) is 10.8 Å². The predicted molar refractivity (Wildman–Crippen MR) is 330 cm³/mol. The van der Waals surface area contributed by atoms with Crippen LogP contribution in [0.1, 0.15) is 123 Å². The van der Waals surface area contributed by atoms with Crippen molar-refractivity contribution in [3.05, 3.63) is 316 Å². The number of hydrogen-bond donors (Lipinski definition) is 0. The van der Waals surface area contributed by atoms with Gasteiger partial charge in [-0.2, -0.15) is 0 Å². The topological polar surface area (TPSA) is 3.24 Å². The van der Waals surface area contributed by atoms with Gasteiger partial charge in [0.05, 0.1) is 16.5 Å². The first-order chi connectivity index (χ1) is 37.8. The summed E-state index contributed by atoms with van der Waals surface area (Å²) in [5.41, 5.74) is 23.8. The van der Waals surface area contributed by atoms with E-state index in [4.69, 9.17) is 0 Å². The molecule has 78 heavy (non-hydrogen) atoms. The monoisotopic (exact) mass is 1010 g/mol. The third-order valence-electron chi connectivity index (χ3n) is 17.4. The zero-order valence-corrected chi connectivity index (χ0v) is 46.3. The molecular weight excluding hydrogens is 939 g/mol. The molecular formula is C77H67N. The molecule has 0 radical (unpaired) electrons. The highest BCUT2D eigenvalue weighted by atomic mass is 15.1. The van der Waals surface area contributed by atoms with Crippen LogP contribution in [0.5, 0.6) is 0 Å². The first kappa shape index (κ1) is 49.1. The summed E-state index contributed by atoms with van der Waals surface area (Å²) in [6.45, 7) is 18.4. The van der Waals surface area contributed by atoms with Gasteiger partial charge in [-0.15, -0.1) is 0 Å². The maximum absolute atomic E-state index is 2.57. The minimum absolute atomic E-state index is 0.00774. The molecule has 2 aliphatic rings. The second-order valence-corrected chi connectivity index (χ2v) is 24.2. The summed E-state index contributed by atoms with van der Waals surface area (Å²) in [6.07, 6.45) is 0. The number of nitrogens with zero attached hydrogens (tertiary/aromatic N) is 1. The van der Waals surface area contributed by atoms with Gasteiger partial charge in [-0.05, 0) is 147 Å². The average molecular weight is 1010 g/mol. The number of rotatable bonds is 9. The fourth-order valence-electron chi connectivity index (χ4n) is 13.4. The molecule has 0 heterocycles. The molecule has 1 nitrogen and oxygen atoms in total. The van der Waals surface area contributed by atoms with Crippen molar-refractivity contribution < 1.29 is 0 Å². The Labute approximate surface area is 462 Å². The van der Waals surface area contributed by atoms with E-state index in [0.717, 1.165) is 17.1 Å². The summed E-state index contributed by atoms with van der Waals surface area (Å²) in [6, 6.07) is 97.4. The second-order valence-electron chi connectivity index (χ2n) is 24.2. The summed E-state index contributed by atoms with van der Waals surface area (Å²) in [4.78, 5) is 2.57. The Morgan fingerprint density at radius 1 is 0.321 bits per heavy atom. The van der Waals surface area contributed by atoms with Crippen LogP contribution in [0.3, 0.4) is 0 Å². The molecule has 2 atom stereocenters. The highest BCUT2D eigenvalue weighted by molar-refractivity contribution is 6.07. The normalized spacial score (nSPS) is 16.4. The number of fused-ring (bicyclic) bond motifs is 7. The lowest BCUT2D eigenvalue weighted by Crippen LogP contribution is -2.29. The van der Waals surface area contributed by atoms with Crippen LogP contribution < -0.4 is 4.90 Å². The molecule has 2 unspecified atom stereocenters. The van der Waals surface area contributed by atoms with E-state index >= 15 is 0 Å². The molecule has 13 rings (SSSR count). The Balaban J connectivity index is 1.11. The Hall–Kier alpha value is -8.52. The van der Waals surface area contributed by atoms with Gasteiger partial charge in [0.25, 0.3) is 0 Å². The van der Waals surface area contributed by atoms with E-state index in [0.29, 0.717) is 5.92 Å². The summed E-state index contributed by atoms with van der Waals surface area (Å²) in [7, 11) is 0. The molecule has 1 heteroatoms. The van der Waals surface area contributed by atoms with Crippen LogP contribution in [-0.4, -0.2) is 0 Å². The SMILES string of the molecule is CC(C)c1ccc(C2(c3ccc(C(C)(C)C)cc3)c3ccccc3-c3ccc(N(c4ccc5c(c4)C(c4ccccc4)(c4ccc(C(C)(C)C)cc4)c4ccccc4-5)c4ccc(-c5ccccc5)c5ccccc45)cc32)cc1. The van der Waals surface area contributed by atoms with Crippen molar-refractivity contribution in [3.63, 3.8) is 0 Å². The fraction of sp³-hybridized carbons (Fsp3) is 0.169. The van der Waals surface area contributed by atoms with Gasteiger partial charge in [-0.1, -0.05) is 280 Å². The number of anilines is 3. The quantitative estimate of drug-likeness (QED) is 0.139. The summed E-state index contributed by atoms with van der Waals surface area (Å²) in [5, 5.41) is 2.40. The highest BCUT2D eigenvalue weighted by Gasteiger charge is 2.48. The molecule has 11 aromatic rings. The van der Waals surface area contributed by atoms with Crippen molar-refractivity contribution in [2.24, 2.45) is 0 Å². The van der Waals surface area contributed by atoms with E-state index in [1.54, 1.807) is 0 Å². The maximum atomic E-state index is 2.57. The van der Waals surface area contributed by atoms with E-state index in [2.05, 4.69) is 315 Å². The molecule has 0 saturated carbocycles. The molecule has 11 aromatic carbocycles. The molecule has 0 fully saturated rings. The molecule has 0 amide bonds. The average Bonchev–Trinajstić information content (AvgIpc) is 4.14. The van der Waals surface area contributed by atoms with Crippen LogP contribution in [0, 0.1) is 0 Å². The van der Waals surface area contributed by atoms with Gasteiger partial charge < -0.3 is 4.90 Å². The molecule has 2 aliphatic carbocycles. The van der Waals surface area contributed by atoms with E-state index < -0.39 is 10.8 Å². The van der Waals surface area contributed by atoms with Crippen molar-refractivity contribution in [3.8, 4) is 33.4 Å². The lowest BCUT2D eigenvalue weighted by atomic mass is 9.67. The van der Waals surface area contributed by atoms with Crippen molar-refractivity contribution in [1.82, 2.24) is 0 Å². The Morgan fingerprint density at radius 3 is 1.18 bits per heavy atom. The third-order valence-corrected chi connectivity index (χ3v) is 17.4. The first-order valence-electron chi connectivity index (χ1n) is 28.0. The molecule has 0 spiro atoms. The van der Waals surface area contributed by atoms with Crippen molar-refractivity contribution in [2.75, 3.05) is 4.90 Å². The van der Waals surface area contributed by atoms with Crippen LogP contribution in [0.4, 0.5) is 17.1 Å². The lowest BCUT2D eigenvalue weighted by Gasteiger charge is -2.36.